The van der Waals surface area contributed by atoms with Gasteiger partial charge in [0.05, 0.1) is 7.11 Å². The standard InChI is InChI=1S/C14H22O5/c1-17-12(16)13(8-14(9-13,18-2)19-3)11(15)10-6-4-5-7-10/h10H,4-9H2,1-3H3. The second kappa shape index (κ2) is 5.21. The van der Waals surface area contributed by atoms with Crippen LogP contribution in [0.15, 0.2) is 0 Å². The number of Topliss-reactive ketones (excluding diaryl/α,β-unsaturated/α-hetero) is 1. The molecule has 0 N–H and O–H groups in total. The number of methoxy groups -OCH3 is 3. The summed E-state index contributed by atoms with van der Waals surface area (Å²) in [5, 5.41) is 0. The Morgan fingerprint density at radius 3 is 1.95 bits per heavy atom. The summed E-state index contributed by atoms with van der Waals surface area (Å²) in [6.07, 6.45) is 4.40. The second-order valence-electron chi connectivity index (χ2n) is 5.59. The SMILES string of the molecule is COC(=O)C1(C(=O)C2CCCC2)CC(OC)(OC)C1. The van der Waals surface area contributed by atoms with E-state index in [2.05, 4.69) is 0 Å². The molecule has 2 fully saturated rings. The molecule has 0 heterocycles. The van der Waals surface area contributed by atoms with Crippen molar-refractivity contribution >= 4 is 11.8 Å². The molecule has 2 aliphatic rings. The third-order valence-electron chi connectivity index (χ3n) is 4.66. The topological polar surface area (TPSA) is 61.8 Å². The van der Waals surface area contributed by atoms with Crippen LogP contribution in [-0.2, 0) is 23.8 Å². The minimum atomic E-state index is -1.06. The first kappa shape index (κ1) is 14.5. The number of ether oxygens (including phenoxy) is 3. The molecule has 2 saturated carbocycles. The zero-order valence-corrected chi connectivity index (χ0v) is 11.9. The maximum atomic E-state index is 12.7. The molecule has 108 valence electrons. The zero-order valence-electron chi connectivity index (χ0n) is 11.9. The van der Waals surface area contributed by atoms with Crippen molar-refractivity contribution in [1.29, 1.82) is 0 Å². The molecule has 0 bridgehead atoms. The van der Waals surface area contributed by atoms with Gasteiger partial charge in [-0.05, 0) is 12.8 Å². The molecule has 0 atom stereocenters. The summed E-state index contributed by atoms with van der Waals surface area (Å²) < 4.78 is 15.5. The number of carbonyl (C=O) groups is 2. The summed E-state index contributed by atoms with van der Waals surface area (Å²) in [6.45, 7) is 0. The number of hydrogen-bond donors (Lipinski definition) is 0. The van der Waals surface area contributed by atoms with E-state index >= 15 is 0 Å². The number of carbonyl (C=O) groups excluding carboxylic acids is 2. The van der Waals surface area contributed by atoms with Crippen molar-refractivity contribution in [2.24, 2.45) is 11.3 Å². The van der Waals surface area contributed by atoms with E-state index in [9.17, 15) is 9.59 Å². The molecule has 0 radical (unpaired) electrons. The maximum Gasteiger partial charge on any atom is 0.319 e. The predicted octanol–water partition coefficient (Wildman–Crippen LogP) is 1.69. The van der Waals surface area contributed by atoms with Gasteiger partial charge in [0.25, 0.3) is 0 Å². The van der Waals surface area contributed by atoms with Gasteiger partial charge in [0.1, 0.15) is 5.41 Å². The molecule has 0 saturated heterocycles. The lowest BCUT2D eigenvalue weighted by Crippen LogP contribution is -2.62. The Hall–Kier alpha value is -0.940. The van der Waals surface area contributed by atoms with Gasteiger partial charge in [-0.25, -0.2) is 0 Å². The first-order chi connectivity index (χ1) is 9.03. The molecular weight excluding hydrogens is 248 g/mol. The summed E-state index contributed by atoms with van der Waals surface area (Å²) in [5.41, 5.74) is -1.06. The molecule has 2 rings (SSSR count). The van der Waals surface area contributed by atoms with E-state index in [-0.39, 0.29) is 24.5 Å². The lowest BCUT2D eigenvalue weighted by molar-refractivity contribution is -0.289. The van der Waals surface area contributed by atoms with Gasteiger partial charge in [-0.2, -0.15) is 0 Å². The Morgan fingerprint density at radius 2 is 1.53 bits per heavy atom. The van der Waals surface area contributed by atoms with Crippen molar-refractivity contribution in [3.8, 4) is 0 Å². The van der Waals surface area contributed by atoms with E-state index in [0.717, 1.165) is 25.7 Å². The Kier molecular flexibility index (Phi) is 3.97. The molecule has 0 aromatic carbocycles. The molecule has 5 heteroatoms. The summed E-state index contributed by atoms with van der Waals surface area (Å²) in [5.74, 6) is -1.26. The summed E-state index contributed by atoms with van der Waals surface area (Å²) in [4.78, 5) is 24.7. The monoisotopic (exact) mass is 270 g/mol. The van der Waals surface area contributed by atoms with Crippen LogP contribution in [-0.4, -0.2) is 38.9 Å². The molecule has 2 aliphatic carbocycles. The molecule has 0 amide bonds. The Balaban J connectivity index is 2.18. The van der Waals surface area contributed by atoms with E-state index in [4.69, 9.17) is 14.2 Å². The van der Waals surface area contributed by atoms with E-state index in [1.165, 1.54) is 21.3 Å². The van der Waals surface area contributed by atoms with Crippen LogP contribution in [0.5, 0.6) is 0 Å². The van der Waals surface area contributed by atoms with Crippen LogP contribution in [0.4, 0.5) is 0 Å². The molecular formula is C14H22O5. The van der Waals surface area contributed by atoms with Crippen molar-refractivity contribution in [1.82, 2.24) is 0 Å². The van der Waals surface area contributed by atoms with Crippen LogP contribution in [0.25, 0.3) is 0 Å². The summed E-state index contributed by atoms with van der Waals surface area (Å²) in [6, 6.07) is 0. The average Bonchev–Trinajstić information content (AvgIpc) is 2.92. The van der Waals surface area contributed by atoms with Gasteiger partial charge in [-0.15, -0.1) is 0 Å². The van der Waals surface area contributed by atoms with Crippen LogP contribution in [0.1, 0.15) is 38.5 Å². The first-order valence-electron chi connectivity index (χ1n) is 6.76. The van der Waals surface area contributed by atoms with E-state index in [1.807, 2.05) is 0 Å². The smallest absolute Gasteiger partial charge is 0.319 e. The van der Waals surface area contributed by atoms with E-state index < -0.39 is 17.2 Å². The van der Waals surface area contributed by atoms with Gasteiger partial charge >= 0.3 is 5.97 Å². The van der Waals surface area contributed by atoms with Crippen LogP contribution >= 0.6 is 0 Å². The minimum absolute atomic E-state index is 0.00851. The molecule has 0 aromatic rings. The van der Waals surface area contributed by atoms with Crippen LogP contribution in [0.3, 0.4) is 0 Å². The van der Waals surface area contributed by atoms with E-state index in [0.29, 0.717) is 0 Å². The van der Waals surface area contributed by atoms with Gasteiger partial charge < -0.3 is 14.2 Å². The molecule has 5 nitrogen and oxygen atoms in total. The Bertz CT molecular complexity index is 358. The highest BCUT2D eigenvalue weighted by Crippen LogP contribution is 2.54. The van der Waals surface area contributed by atoms with Gasteiger partial charge in [0.2, 0.25) is 0 Å². The summed E-state index contributed by atoms with van der Waals surface area (Å²) >= 11 is 0. The minimum Gasteiger partial charge on any atom is -0.468 e. The molecule has 0 aromatic heterocycles. The van der Waals surface area contributed by atoms with Crippen LogP contribution in [0, 0.1) is 11.3 Å². The lowest BCUT2D eigenvalue weighted by atomic mass is 9.59. The number of ketones is 1. The van der Waals surface area contributed by atoms with Gasteiger partial charge in [0, 0.05) is 33.0 Å². The van der Waals surface area contributed by atoms with Crippen molar-refractivity contribution in [3.05, 3.63) is 0 Å². The predicted molar refractivity (Wildman–Crippen MR) is 67.4 cm³/mol. The fraction of sp³-hybridized carbons (Fsp3) is 0.857. The summed E-state index contributed by atoms with van der Waals surface area (Å²) in [7, 11) is 4.39. The molecule has 0 spiro atoms. The van der Waals surface area contributed by atoms with Crippen molar-refractivity contribution < 1.29 is 23.8 Å². The maximum absolute atomic E-state index is 12.7. The number of rotatable bonds is 5. The van der Waals surface area contributed by atoms with Crippen molar-refractivity contribution in [2.75, 3.05) is 21.3 Å². The highest BCUT2D eigenvalue weighted by atomic mass is 16.7. The highest BCUT2D eigenvalue weighted by Gasteiger charge is 2.66. The van der Waals surface area contributed by atoms with Crippen molar-refractivity contribution in [3.63, 3.8) is 0 Å². The molecule has 19 heavy (non-hydrogen) atoms. The zero-order chi connectivity index (χ0) is 14.1. The highest BCUT2D eigenvalue weighted by molar-refractivity contribution is 6.06. The van der Waals surface area contributed by atoms with Crippen LogP contribution in [0.2, 0.25) is 0 Å². The third kappa shape index (κ3) is 2.19. The largest absolute Gasteiger partial charge is 0.468 e. The van der Waals surface area contributed by atoms with E-state index in [1.54, 1.807) is 0 Å². The lowest BCUT2D eigenvalue weighted by Gasteiger charge is -2.51. The average molecular weight is 270 g/mol. The Labute approximate surface area is 113 Å². The fourth-order valence-corrected chi connectivity index (χ4v) is 3.43. The molecule has 0 unspecified atom stereocenters. The Morgan fingerprint density at radius 1 is 1.00 bits per heavy atom. The quantitative estimate of drug-likeness (QED) is 0.432. The second-order valence-corrected chi connectivity index (χ2v) is 5.59. The van der Waals surface area contributed by atoms with Crippen molar-refractivity contribution in [2.45, 2.75) is 44.3 Å². The van der Waals surface area contributed by atoms with Crippen LogP contribution < -0.4 is 0 Å². The number of esters is 1. The molecule has 0 aliphatic heterocycles. The third-order valence-corrected chi connectivity index (χ3v) is 4.66. The van der Waals surface area contributed by atoms with Gasteiger partial charge in [-0.3, -0.25) is 9.59 Å². The fourth-order valence-electron chi connectivity index (χ4n) is 3.43. The van der Waals surface area contributed by atoms with Gasteiger partial charge in [0.15, 0.2) is 11.6 Å². The normalized spacial score (nSPS) is 24.8. The number of hydrogen-bond acceptors (Lipinski definition) is 5. The first-order valence-corrected chi connectivity index (χ1v) is 6.76. The van der Waals surface area contributed by atoms with Gasteiger partial charge in [-0.1, -0.05) is 12.8 Å².